The molecule has 6 heteroatoms. The number of rotatable bonds is 2. The molecule has 0 saturated heterocycles. The van der Waals surface area contributed by atoms with E-state index < -0.39 is 29.0 Å². The molecule has 0 saturated carbocycles. The zero-order valence-corrected chi connectivity index (χ0v) is 9.77. The van der Waals surface area contributed by atoms with Crippen molar-refractivity contribution in [3.05, 3.63) is 32.7 Å². The lowest BCUT2D eigenvalue weighted by Crippen LogP contribution is -2.10. The van der Waals surface area contributed by atoms with E-state index in [9.17, 15) is 18.0 Å². The molecule has 15 heavy (non-hydrogen) atoms. The van der Waals surface area contributed by atoms with Crippen LogP contribution in [0.4, 0.5) is 13.2 Å². The lowest BCUT2D eigenvalue weighted by atomic mass is 10.2. The van der Waals surface area contributed by atoms with Crippen LogP contribution in [0.1, 0.15) is 17.3 Å². The number of halogens is 4. The normalized spacial score (nSPS) is 10.2. The number of hydrogen-bond donors (Lipinski definition) is 0. The summed E-state index contributed by atoms with van der Waals surface area (Å²) in [5.74, 6) is -5.50. The average molecular weight is 330 g/mol. The molecule has 0 fully saturated rings. The molecule has 1 aromatic rings. The SMILES string of the molecule is CCOC(=O)c1cc(I)c(F)c(F)c1F. The van der Waals surface area contributed by atoms with Gasteiger partial charge in [-0.05, 0) is 35.6 Å². The molecule has 0 spiro atoms. The Labute approximate surface area is 97.6 Å². The van der Waals surface area contributed by atoms with Gasteiger partial charge in [-0.25, -0.2) is 18.0 Å². The molecule has 0 radical (unpaired) electrons. The van der Waals surface area contributed by atoms with Crippen molar-refractivity contribution in [1.82, 2.24) is 0 Å². The van der Waals surface area contributed by atoms with Gasteiger partial charge in [-0.1, -0.05) is 0 Å². The lowest BCUT2D eigenvalue weighted by Gasteiger charge is -2.05. The van der Waals surface area contributed by atoms with E-state index in [0.29, 0.717) is 0 Å². The summed E-state index contributed by atoms with van der Waals surface area (Å²) in [6, 6.07) is 0.909. The lowest BCUT2D eigenvalue weighted by molar-refractivity contribution is 0.0519. The predicted molar refractivity (Wildman–Crippen MR) is 55.0 cm³/mol. The van der Waals surface area contributed by atoms with E-state index in [1.54, 1.807) is 0 Å². The van der Waals surface area contributed by atoms with Gasteiger partial charge in [0.25, 0.3) is 0 Å². The Kier molecular flexibility index (Phi) is 3.95. The van der Waals surface area contributed by atoms with Gasteiger partial charge in [0.15, 0.2) is 17.5 Å². The molecule has 2 nitrogen and oxygen atoms in total. The molecule has 0 bridgehead atoms. The molecule has 0 aliphatic rings. The van der Waals surface area contributed by atoms with Gasteiger partial charge in [-0.15, -0.1) is 0 Å². The van der Waals surface area contributed by atoms with E-state index in [0.717, 1.165) is 6.07 Å². The Hall–Kier alpha value is -0.790. The van der Waals surface area contributed by atoms with Crippen molar-refractivity contribution in [3.63, 3.8) is 0 Å². The van der Waals surface area contributed by atoms with E-state index in [-0.39, 0.29) is 10.2 Å². The van der Waals surface area contributed by atoms with Crippen LogP contribution in [0.2, 0.25) is 0 Å². The highest BCUT2D eigenvalue weighted by Gasteiger charge is 2.22. The van der Waals surface area contributed by atoms with Crippen molar-refractivity contribution < 1.29 is 22.7 Å². The van der Waals surface area contributed by atoms with Gasteiger partial charge in [-0.3, -0.25) is 0 Å². The van der Waals surface area contributed by atoms with E-state index in [2.05, 4.69) is 4.74 Å². The third-order valence-electron chi connectivity index (χ3n) is 1.60. The van der Waals surface area contributed by atoms with Crippen LogP contribution in [0.3, 0.4) is 0 Å². The topological polar surface area (TPSA) is 26.3 Å². The molecule has 0 aliphatic heterocycles. The summed E-state index contributed by atoms with van der Waals surface area (Å²) in [4.78, 5) is 11.1. The van der Waals surface area contributed by atoms with E-state index >= 15 is 0 Å². The fraction of sp³-hybridized carbons (Fsp3) is 0.222. The fourth-order valence-corrected chi connectivity index (χ4v) is 1.48. The summed E-state index contributed by atoms with van der Waals surface area (Å²) in [5, 5.41) is 0. The Morgan fingerprint density at radius 2 is 1.93 bits per heavy atom. The highest BCUT2D eigenvalue weighted by molar-refractivity contribution is 14.1. The molecule has 0 heterocycles. The third kappa shape index (κ3) is 2.42. The molecule has 1 aromatic carbocycles. The van der Waals surface area contributed by atoms with Crippen LogP contribution in [0.5, 0.6) is 0 Å². The highest BCUT2D eigenvalue weighted by Crippen LogP contribution is 2.21. The minimum absolute atomic E-state index is 0.0356. The minimum atomic E-state index is -1.66. The number of benzene rings is 1. The quantitative estimate of drug-likeness (QED) is 0.361. The van der Waals surface area contributed by atoms with Gasteiger partial charge in [0.1, 0.15) is 0 Å². The number of hydrogen-bond acceptors (Lipinski definition) is 2. The molecule has 0 aromatic heterocycles. The molecular weight excluding hydrogens is 324 g/mol. The van der Waals surface area contributed by atoms with Crippen LogP contribution in [-0.4, -0.2) is 12.6 Å². The van der Waals surface area contributed by atoms with Gasteiger partial charge in [-0.2, -0.15) is 0 Å². The predicted octanol–water partition coefficient (Wildman–Crippen LogP) is 2.89. The van der Waals surface area contributed by atoms with Crippen molar-refractivity contribution >= 4 is 28.6 Å². The first-order chi connectivity index (χ1) is 6.99. The Bertz CT molecular complexity index is 407. The molecule has 82 valence electrons. The van der Waals surface area contributed by atoms with Crippen LogP contribution in [0.25, 0.3) is 0 Å². The maximum absolute atomic E-state index is 13.1. The molecule has 0 N–H and O–H groups in total. The minimum Gasteiger partial charge on any atom is -0.462 e. The van der Waals surface area contributed by atoms with E-state index in [1.165, 1.54) is 29.5 Å². The maximum Gasteiger partial charge on any atom is 0.341 e. The smallest absolute Gasteiger partial charge is 0.341 e. The highest BCUT2D eigenvalue weighted by atomic mass is 127. The molecule has 1 rings (SSSR count). The van der Waals surface area contributed by atoms with Gasteiger partial charge in [0.2, 0.25) is 0 Å². The second kappa shape index (κ2) is 4.82. The van der Waals surface area contributed by atoms with Crippen LogP contribution >= 0.6 is 22.6 Å². The number of ether oxygens (including phenoxy) is 1. The Balaban J connectivity index is 3.26. The average Bonchev–Trinajstić information content (AvgIpc) is 2.20. The molecule has 0 aliphatic carbocycles. The zero-order chi connectivity index (χ0) is 11.6. The summed E-state index contributed by atoms with van der Waals surface area (Å²) < 4.78 is 43.1. The third-order valence-corrected chi connectivity index (χ3v) is 2.38. The second-order valence-corrected chi connectivity index (χ2v) is 3.73. The molecule has 0 unspecified atom stereocenters. The molecule has 0 amide bonds. The summed E-state index contributed by atoms with van der Waals surface area (Å²) in [7, 11) is 0. The van der Waals surface area contributed by atoms with E-state index in [1.807, 2.05) is 0 Å². The molecular formula is C9H6F3IO2. The number of carbonyl (C=O) groups excluding carboxylic acids is 1. The monoisotopic (exact) mass is 330 g/mol. The zero-order valence-electron chi connectivity index (χ0n) is 7.61. The van der Waals surface area contributed by atoms with Gasteiger partial charge < -0.3 is 4.74 Å². The maximum atomic E-state index is 13.1. The summed E-state index contributed by atoms with van der Waals surface area (Å²) >= 11 is 1.46. The first-order valence-corrected chi connectivity index (χ1v) is 5.07. The van der Waals surface area contributed by atoms with Crippen molar-refractivity contribution in [1.29, 1.82) is 0 Å². The summed E-state index contributed by atoms with van der Waals surface area (Å²) in [6.07, 6.45) is 0. The van der Waals surface area contributed by atoms with Gasteiger partial charge in [0, 0.05) is 0 Å². The van der Waals surface area contributed by atoms with Crippen LogP contribution in [0, 0.1) is 21.0 Å². The van der Waals surface area contributed by atoms with Crippen molar-refractivity contribution in [2.75, 3.05) is 6.61 Å². The first-order valence-electron chi connectivity index (χ1n) is 3.99. The van der Waals surface area contributed by atoms with Crippen molar-refractivity contribution in [2.24, 2.45) is 0 Å². The van der Waals surface area contributed by atoms with E-state index in [4.69, 9.17) is 0 Å². The summed E-state index contributed by atoms with van der Waals surface area (Å²) in [6.45, 7) is 1.56. The van der Waals surface area contributed by atoms with Crippen molar-refractivity contribution in [3.8, 4) is 0 Å². The number of carbonyl (C=O) groups is 1. The Morgan fingerprint density at radius 3 is 2.47 bits per heavy atom. The Morgan fingerprint density at radius 1 is 1.33 bits per heavy atom. The van der Waals surface area contributed by atoms with Crippen molar-refractivity contribution in [2.45, 2.75) is 6.92 Å². The fourth-order valence-electron chi connectivity index (χ4n) is 0.930. The number of esters is 1. The largest absolute Gasteiger partial charge is 0.462 e. The first kappa shape index (κ1) is 12.3. The molecule has 0 atom stereocenters. The van der Waals surface area contributed by atoms with Gasteiger partial charge in [0.05, 0.1) is 15.7 Å². The summed E-state index contributed by atoms with van der Waals surface area (Å²) in [5.41, 5.74) is -0.597. The van der Waals surface area contributed by atoms with Crippen LogP contribution in [-0.2, 0) is 4.74 Å². The van der Waals surface area contributed by atoms with Crippen LogP contribution in [0.15, 0.2) is 6.07 Å². The second-order valence-electron chi connectivity index (χ2n) is 2.57. The van der Waals surface area contributed by atoms with Gasteiger partial charge >= 0.3 is 5.97 Å². The van der Waals surface area contributed by atoms with Crippen LogP contribution < -0.4 is 0 Å². The standard InChI is InChI=1S/C9H6F3IO2/c1-2-15-9(14)4-3-5(13)7(11)8(12)6(4)10/h3H,2H2,1H3.